The summed E-state index contributed by atoms with van der Waals surface area (Å²) in [5.41, 5.74) is 0.267. The monoisotopic (exact) mass is 243 g/mol. The highest BCUT2D eigenvalue weighted by Gasteiger charge is 2.11. The molecule has 0 aliphatic carbocycles. The second kappa shape index (κ2) is 5.09. The average Bonchev–Trinajstić information content (AvgIpc) is 2.19. The summed E-state index contributed by atoms with van der Waals surface area (Å²) in [5.74, 6) is -0.0766. The van der Waals surface area contributed by atoms with Crippen LogP contribution in [0.4, 0.5) is 0 Å². The molecule has 6 heteroatoms. The number of nitrogens with zero attached hydrogens (tertiary/aromatic N) is 1. The lowest BCUT2D eigenvalue weighted by Gasteiger charge is -2.01. The van der Waals surface area contributed by atoms with Gasteiger partial charge < -0.3 is 5.11 Å². The molecule has 0 saturated heterocycles. The van der Waals surface area contributed by atoms with E-state index in [9.17, 15) is 13.5 Å². The standard InChI is InChI=1S/C10H13NO4S/c1-2-5-11-7-8-6-9(16(13,14)15)3-4-10(8)12/h3-4,6-7,12H,2,5H2,1H3,(H,13,14,15). The van der Waals surface area contributed by atoms with Crippen molar-refractivity contribution in [3.8, 4) is 5.75 Å². The summed E-state index contributed by atoms with van der Waals surface area (Å²) in [7, 11) is -4.25. The highest BCUT2D eigenvalue weighted by atomic mass is 32.2. The second-order valence-electron chi connectivity index (χ2n) is 3.23. The smallest absolute Gasteiger partial charge is 0.294 e. The maximum atomic E-state index is 10.9. The molecular weight excluding hydrogens is 230 g/mol. The van der Waals surface area contributed by atoms with Gasteiger partial charge in [0.05, 0.1) is 4.90 Å². The van der Waals surface area contributed by atoms with E-state index in [0.29, 0.717) is 6.54 Å². The molecule has 0 spiro atoms. The second-order valence-corrected chi connectivity index (χ2v) is 4.65. The summed E-state index contributed by atoms with van der Waals surface area (Å²) in [6.45, 7) is 2.54. The maximum absolute atomic E-state index is 10.9. The van der Waals surface area contributed by atoms with Gasteiger partial charge in [0.2, 0.25) is 0 Å². The normalized spacial score (nSPS) is 12.1. The van der Waals surface area contributed by atoms with Gasteiger partial charge in [-0.1, -0.05) is 6.92 Å². The number of aliphatic imine (C=N–C) groups is 1. The summed E-state index contributed by atoms with van der Waals surface area (Å²) >= 11 is 0. The molecule has 0 amide bonds. The molecule has 0 saturated carbocycles. The fourth-order valence-electron chi connectivity index (χ4n) is 1.09. The molecule has 0 fully saturated rings. The van der Waals surface area contributed by atoms with Crippen molar-refractivity contribution in [2.45, 2.75) is 18.2 Å². The predicted molar refractivity (Wildman–Crippen MR) is 60.7 cm³/mol. The zero-order valence-corrected chi connectivity index (χ0v) is 9.61. The molecule has 1 rings (SSSR count). The Labute approximate surface area is 94.2 Å². The minimum absolute atomic E-state index is 0.0766. The van der Waals surface area contributed by atoms with Crippen molar-refractivity contribution < 1.29 is 18.1 Å². The summed E-state index contributed by atoms with van der Waals surface area (Å²) in [6, 6.07) is 3.50. The molecule has 0 aliphatic heterocycles. The van der Waals surface area contributed by atoms with Gasteiger partial charge in [-0.25, -0.2) is 0 Å². The van der Waals surface area contributed by atoms with Crippen LogP contribution in [0.2, 0.25) is 0 Å². The summed E-state index contributed by atoms with van der Waals surface area (Å²) in [5, 5.41) is 9.43. The predicted octanol–water partition coefficient (Wildman–Crippen LogP) is 1.47. The zero-order chi connectivity index (χ0) is 12.2. The summed E-state index contributed by atoms with van der Waals surface area (Å²) in [6.07, 6.45) is 2.24. The van der Waals surface area contributed by atoms with Gasteiger partial charge in [0.15, 0.2) is 0 Å². The first-order valence-corrected chi connectivity index (χ1v) is 6.19. The molecule has 0 aromatic heterocycles. The van der Waals surface area contributed by atoms with Crippen LogP contribution in [0.5, 0.6) is 5.75 Å². The first kappa shape index (κ1) is 12.7. The van der Waals surface area contributed by atoms with Crippen LogP contribution in [0.1, 0.15) is 18.9 Å². The number of aromatic hydroxyl groups is 1. The van der Waals surface area contributed by atoms with Gasteiger partial charge in [-0.15, -0.1) is 0 Å². The van der Waals surface area contributed by atoms with Crippen LogP contribution in [-0.2, 0) is 10.1 Å². The minimum Gasteiger partial charge on any atom is -0.507 e. The quantitative estimate of drug-likeness (QED) is 0.619. The Morgan fingerprint density at radius 1 is 1.44 bits per heavy atom. The molecule has 0 radical (unpaired) electrons. The van der Waals surface area contributed by atoms with Gasteiger partial charge in [0.1, 0.15) is 5.75 Å². The van der Waals surface area contributed by atoms with Crippen molar-refractivity contribution in [2.24, 2.45) is 4.99 Å². The largest absolute Gasteiger partial charge is 0.507 e. The number of benzene rings is 1. The van der Waals surface area contributed by atoms with Gasteiger partial charge >= 0.3 is 0 Å². The molecule has 5 nitrogen and oxygen atoms in total. The van der Waals surface area contributed by atoms with Crippen molar-refractivity contribution in [1.82, 2.24) is 0 Å². The molecular formula is C10H13NO4S. The lowest BCUT2D eigenvalue weighted by atomic mass is 10.2. The first-order valence-electron chi connectivity index (χ1n) is 4.75. The lowest BCUT2D eigenvalue weighted by Crippen LogP contribution is -1.99. The van der Waals surface area contributed by atoms with Crippen molar-refractivity contribution in [3.05, 3.63) is 23.8 Å². The highest BCUT2D eigenvalue weighted by molar-refractivity contribution is 7.85. The SMILES string of the molecule is CCCN=Cc1cc(S(=O)(=O)O)ccc1O. The molecule has 0 unspecified atom stereocenters. The summed E-state index contributed by atoms with van der Waals surface area (Å²) < 4.78 is 30.5. The lowest BCUT2D eigenvalue weighted by molar-refractivity contribution is 0.472. The van der Waals surface area contributed by atoms with Gasteiger partial charge in [-0.3, -0.25) is 9.55 Å². The Morgan fingerprint density at radius 2 is 2.12 bits per heavy atom. The van der Waals surface area contributed by atoms with E-state index < -0.39 is 10.1 Å². The van der Waals surface area contributed by atoms with Crippen molar-refractivity contribution >= 4 is 16.3 Å². The molecule has 0 aliphatic rings. The van der Waals surface area contributed by atoms with Crippen LogP contribution in [0.3, 0.4) is 0 Å². The Balaban J connectivity index is 3.09. The van der Waals surface area contributed by atoms with E-state index in [1.165, 1.54) is 18.3 Å². The van der Waals surface area contributed by atoms with E-state index in [1.807, 2.05) is 6.92 Å². The number of phenolic OH excluding ortho intramolecular Hbond substituents is 1. The average molecular weight is 243 g/mol. The Morgan fingerprint density at radius 3 is 2.69 bits per heavy atom. The molecule has 0 atom stereocenters. The van der Waals surface area contributed by atoms with Gasteiger partial charge in [0.25, 0.3) is 10.1 Å². The Bertz CT molecular complexity index is 494. The molecule has 16 heavy (non-hydrogen) atoms. The van der Waals surface area contributed by atoms with Crippen molar-refractivity contribution in [3.63, 3.8) is 0 Å². The number of phenols is 1. The third-order valence-corrected chi connectivity index (χ3v) is 2.73. The van der Waals surface area contributed by atoms with Crippen molar-refractivity contribution in [2.75, 3.05) is 6.54 Å². The molecule has 2 N–H and O–H groups in total. The number of rotatable bonds is 4. The van der Waals surface area contributed by atoms with Gasteiger partial charge in [-0.2, -0.15) is 8.42 Å². The first-order chi connectivity index (χ1) is 7.45. The van der Waals surface area contributed by atoms with E-state index in [1.54, 1.807) is 0 Å². The van der Waals surface area contributed by atoms with Crippen LogP contribution in [0.25, 0.3) is 0 Å². The minimum atomic E-state index is -4.25. The maximum Gasteiger partial charge on any atom is 0.294 e. The van der Waals surface area contributed by atoms with Crippen LogP contribution < -0.4 is 0 Å². The molecule has 0 bridgehead atoms. The van der Waals surface area contributed by atoms with E-state index in [4.69, 9.17) is 4.55 Å². The molecule has 1 aromatic rings. The van der Waals surface area contributed by atoms with Gasteiger partial charge in [-0.05, 0) is 24.6 Å². The van der Waals surface area contributed by atoms with E-state index in [-0.39, 0.29) is 16.2 Å². The van der Waals surface area contributed by atoms with Gasteiger partial charge in [0, 0.05) is 18.3 Å². The van der Waals surface area contributed by atoms with E-state index >= 15 is 0 Å². The Kier molecular flexibility index (Phi) is 4.03. The van der Waals surface area contributed by atoms with Crippen LogP contribution >= 0.6 is 0 Å². The Hall–Kier alpha value is -1.40. The van der Waals surface area contributed by atoms with Crippen molar-refractivity contribution in [1.29, 1.82) is 0 Å². The van der Waals surface area contributed by atoms with Crippen LogP contribution in [-0.4, -0.2) is 30.8 Å². The molecule has 1 aromatic carbocycles. The topological polar surface area (TPSA) is 87.0 Å². The van der Waals surface area contributed by atoms with E-state index in [0.717, 1.165) is 12.5 Å². The number of hydrogen-bond donors (Lipinski definition) is 2. The third-order valence-electron chi connectivity index (χ3n) is 1.88. The third kappa shape index (κ3) is 3.32. The number of hydrogen-bond acceptors (Lipinski definition) is 4. The fourth-order valence-corrected chi connectivity index (χ4v) is 1.60. The molecule has 0 heterocycles. The fraction of sp³-hybridized carbons (Fsp3) is 0.300. The highest BCUT2D eigenvalue weighted by Crippen LogP contribution is 2.19. The summed E-state index contributed by atoms with van der Waals surface area (Å²) in [4.78, 5) is 3.72. The zero-order valence-electron chi connectivity index (χ0n) is 8.79. The van der Waals surface area contributed by atoms with Crippen LogP contribution in [0, 0.1) is 0 Å². The van der Waals surface area contributed by atoms with Crippen LogP contribution in [0.15, 0.2) is 28.1 Å². The van der Waals surface area contributed by atoms with E-state index in [2.05, 4.69) is 4.99 Å². The molecule has 88 valence electrons.